The predicted octanol–water partition coefficient (Wildman–Crippen LogP) is 1.57. The van der Waals surface area contributed by atoms with Crippen molar-refractivity contribution in [3.63, 3.8) is 0 Å². The minimum atomic E-state index is -0.355. The van der Waals surface area contributed by atoms with Crippen molar-refractivity contribution in [3.05, 3.63) is 34.4 Å². The number of carbonyl (C=O) groups excluding carboxylic acids is 2. The molecule has 1 saturated heterocycles. The van der Waals surface area contributed by atoms with Crippen LogP contribution in [0.4, 0.5) is 0 Å². The topological polar surface area (TPSA) is 72.4 Å². The lowest BCUT2D eigenvalue weighted by Crippen LogP contribution is -2.37. The highest BCUT2D eigenvalue weighted by molar-refractivity contribution is 9.10. The molecule has 3 rings (SSSR count). The van der Waals surface area contributed by atoms with E-state index in [9.17, 15) is 9.59 Å². The lowest BCUT2D eigenvalue weighted by molar-refractivity contribution is -0.142. The summed E-state index contributed by atoms with van der Waals surface area (Å²) in [6.45, 7) is 0.555. The van der Waals surface area contributed by atoms with E-state index in [1.165, 1.54) is 7.11 Å². The van der Waals surface area contributed by atoms with Crippen molar-refractivity contribution < 1.29 is 14.3 Å². The zero-order valence-electron chi connectivity index (χ0n) is 12.9. The molecule has 2 heterocycles. The summed E-state index contributed by atoms with van der Waals surface area (Å²) in [7, 11) is 3.23. The summed E-state index contributed by atoms with van der Waals surface area (Å²) in [5, 5.41) is 7.04. The Labute approximate surface area is 142 Å². The number of aryl methyl sites for hydroxylation is 1. The molecule has 1 fully saturated rings. The quantitative estimate of drug-likeness (QED) is 0.794. The van der Waals surface area contributed by atoms with Gasteiger partial charge in [-0.25, -0.2) is 0 Å². The molecule has 0 radical (unpaired) electrons. The number of amides is 1. The number of methoxy groups -OCH3 is 1. The zero-order valence-corrected chi connectivity index (χ0v) is 14.5. The average molecular weight is 380 g/mol. The van der Waals surface area contributed by atoms with Gasteiger partial charge in [0.15, 0.2) is 0 Å². The van der Waals surface area contributed by atoms with Gasteiger partial charge in [0.25, 0.3) is 5.91 Å². The maximum Gasteiger partial charge on any atom is 0.322 e. The number of hydrogen-bond donors (Lipinski definition) is 2. The molecule has 1 amide bonds. The first-order valence-corrected chi connectivity index (χ1v) is 8.16. The molecule has 0 saturated carbocycles. The Hall–Kier alpha value is -1.86. The molecular formula is C16H18BrN3O3. The Balaban J connectivity index is 1.76. The first-order valence-electron chi connectivity index (χ1n) is 7.37. The molecule has 1 aliphatic rings. The standard InChI is InChI=1S/C16H18BrN3O3/c1-20-13-5-3-4-11(17)10(13)7-14(20)15(21)19-9-6-12(18-8-9)16(22)23-2/h3-5,7,9,12,18H,6,8H2,1-2H3,(H,19,21)/t9?,12-/m0/s1. The lowest BCUT2D eigenvalue weighted by atomic mass is 10.1. The highest BCUT2D eigenvalue weighted by Crippen LogP contribution is 2.26. The third-order valence-corrected chi connectivity index (χ3v) is 4.91. The second kappa shape index (κ2) is 6.33. The largest absolute Gasteiger partial charge is 0.468 e. The van der Waals surface area contributed by atoms with E-state index >= 15 is 0 Å². The van der Waals surface area contributed by atoms with Crippen LogP contribution >= 0.6 is 15.9 Å². The van der Waals surface area contributed by atoms with Crippen molar-refractivity contribution in [1.29, 1.82) is 0 Å². The van der Waals surface area contributed by atoms with E-state index in [0.717, 1.165) is 15.4 Å². The highest BCUT2D eigenvalue weighted by atomic mass is 79.9. The number of rotatable bonds is 3. The van der Waals surface area contributed by atoms with Gasteiger partial charge in [0, 0.05) is 35.0 Å². The number of nitrogens with one attached hydrogen (secondary N) is 2. The Morgan fingerprint density at radius 1 is 1.43 bits per heavy atom. The molecular weight excluding hydrogens is 362 g/mol. The monoisotopic (exact) mass is 379 g/mol. The van der Waals surface area contributed by atoms with Crippen LogP contribution < -0.4 is 10.6 Å². The average Bonchev–Trinajstić information content (AvgIpc) is 3.13. The predicted molar refractivity (Wildman–Crippen MR) is 90.3 cm³/mol. The van der Waals surface area contributed by atoms with Crippen LogP contribution in [0, 0.1) is 0 Å². The summed E-state index contributed by atoms with van der Waals surface area (Å²) in [4.78, 5) is 24.1. The number of halogens is 1. The zero-order chi connectivity index (χ0) is 16.6. The summed E-state index contributed by atoms with van der Waals surface area (Å²) in [6.07, 6.45) is 0.534. The van der Waals surface area contributed by atoms with E-state index in [1.807, 2.05) is 35.9 Å². The van der Waals surface area contributed by atoms with E-state index in [0.29, 0.717) is 18.7 Å². The molecule has 7 heteroatoms. The number of aromatic nitrogens is 1. The molecule has 0 spiro atoms. The fourth-order valence-electron chi connectivity index (χ4n) is 2.97. The van der Waals surface area contributed by atoms with E-state index in [1.54, 1.807) is 0 Å². The molecule has 1 aromatic heterocycles. The van der Waals surface area contributed by atoms with Crippen molar-refractivity contribution in [2.45, 2.75) is 18.5 Å². The van der Waals surface area contributed by atoms with Gasteiger partial charge in [-0.2, -0.15) is 0 Å². The van der Waals surface area contributed by atoms with Crippen LogP contribution in [-0.4, -0.2) is 42.2 Å². The summed E-state index contributed by atoms with van der Waals surface area (Å²) >= 11 is 3.51. The van der Waals surface area contributed by atoms with Gasteiger partial charge < -0.3 is 19.9 Å². The van der Waals surface area contributed by atoms with E-state index < -0.39 is 0 Å². The summed E-state index contributed by atoms with van der Waals surface area (Å²) < 4.78 is 7.55. The molecule has 0 aliphatic carbocycles. The molecule has 122 valence electrons. The Kier molecular flexibility index (Phi) is 4.41. The number of fused-ring (bicyclic) bond motifs is 1. The second-order valence-electron chi connectivity index (χ2n) is 5.65. The highest BCUT2D eigenvalue weighted by Gasteiger charge is 2.31. The molecule has 0 bridgehead atoms. The number of benzene rings is 1. The molecule has 2 N–H and O–H groups in total. The maximum atomic E-state index is 12.6. The molecule has 23 heavy (non-hydrogen) atoms. The van der Waals surface area contributed by atoms with Crippen LogP contribution in [0.3, 0.4) is 0 Å². The van der Waals surface area contributed by atoms with Crippen molar-refractivity contribution in [2.75, 3.05) is 13.7 Å². The molecule has 2 aromatic rings. The lowest BCUT2D eigenvalue weighted by Gasteiger charge is -2.12. The number of nitrogens with zero attached hydrogens (tertiary/aromatic N) is 1. The summed E-state index contributed by atoms with van der Waals surface area (Å²) in [5.41, 5.74) is 1.58. The van der Waals surface area contributed by atoms with Gasteiger partial charge in [0.1, 0.15) is 11.7 Å². The fraction of sp³-hybridized carbons (Fsp3) is 0.375. The summed E-state index contributed by atoms with van der Waals surface area (Å²) in [6, 6.07) is 7.29. The van der Waals surface area contributed by atoms with Gasteiger partial charge in [-0.15, -0.1) is 0 Å². The van der Waals surface area contributed by atoms with Crippen LogP contribution in [0.5, 0.6) is 0 Å². The third kappa shape index (κ3) is 2.98. The van der Waals surface area contributed by atoms with Gasteiger partial charge in [-0.3, -0.25) is 9.59 Å². The van der Waals surface area contributed by atoms with Gasteiger partial charge in [-0.05, 0) is 24.6 Å². The van der Waals surface area contributed by atoms with Gasteiger partial charge in [-0.1, -0.05) is 22.0 Å². The molecule has 2 atom stereocenters. The number of esters is 1. The minimum absolute atomic E-state index is 0.0898. The fourth-order valence-corrected chi connectivity index (χ4v) is 3.44. The van der Waals surface area contributed by atoms with E-state index in [-0.39, 0.29) is 24.0 Å². The van der Waals surface area contributed by atoms with Crippen molar-refractivity contribution in [3.8, 4) is 0 Å². The smallest absolute Gasteiger partial charge is 0.322 e. The molecule has 1 unspecified atom stereocenters. The normalized spacial score (nSPS) is 20.7. The van der Waals surface area contributed by atoms with Crippen LogP contribution in [0.1, 0.15) is 16.9 Å². The minimum Gasteiger partial charge on any atom is -0.468 e. The summed E-state index contributed by atoms with van der Waals surface area (Å²) in [5.74, 6) is -0.441. The van der Waals surface area contributed by atoms with Crippen molar-refractivity contribution >= 4 is 38.7 Å². The van der Waals surface area contributed by atoms with E-state index in [4.69, 9.17) is 4.74 Å². The Morgan fingerprint density at radius 2 is 2.22 bits per heavy atom. The molecule has 1 aliphatic heterocycles. The first-order chi connectivity index (χ1) is 11.0. The first kappa shape index (κ1) is 16.0. The van der Waals surface area contributed by atoms with Crippen LogP contribution in [0.25, 0.3) is 10.9 Å². The van der Waals surface area contributed by atoms with Crippen LogP contribution in [0.2, 0.25) is 0 Å². The molecule has 1 aromatic carbocycles. The van der Waals surface area contributed by atoms with Gasteiger partial charge in [0.2, 0.25) is 0 Å². The number of hydrogen-bond acceptors (Lipinski definition) is 4. The second-order valence-corrected chi connectivity index (χ2v) is 6.51. The van der Waals surface area contributed by atoms with Crippen molar-refractivity contribution in [2.24, 2.45) is 7.05 Å². The molecule has 6 nitrogen and oxygen atoms in total. The van der Waals surface area contributed by atoms with Crippen LogP contribution in [-0.2, 0) is 16.6 Å². The van der Waals surface area contributed by atoms with Gasteiger partial charge >= 0.3 is 5.97 Å². The maximum absolute atomic E-state index is 12.6. The number of carbonyl (C=O) groups is 2. The number of ether oxygens (including phenoxy) is 1. The Morgan fingerprint density at radius 3 is 2.91 bits per heavy atom. The SMILES string of the molecule is COC(=O)[C@@H]1CC(NC(=O)c2cc3c(Br)cccc3n2C)CN1. The van der Waals surface area contributed by atoms with Crippen LogP contribution in [0.15, 0.2) is 28.7 Å². The van der Waals surface area contributed by atoms with Crippen molar-refractivity contribution in [1.82, 2.24) is 15.2 Å². The van der Waals surface area contributed by atoms with E-state index in [2.05, 4.69) is 26.6 Å². The Bertz CT molecular complexity index is 771. The third-order valence-electron chi connectivity index (χ3n) is 4.22. The van der Waals surface area contributed by atoms with Gasteiger partial charge in [0.05, 0.1) is 7.11 Å².